The summed E-state index contributed by atoms with van der Waals surface area (Å²) in [6.07, 6.45) is 1.07. The summed E-state index contributed by atoms with van der Waals surface area (Å²) in [5.41, 5.74) is 2.69. The number of nitrogens with zero attached hydrogens (tertiary/aromatic N) is 3. The van der Waals surface area contributed by atoms with Gasteiger partial charge < -0.3 is 61.3 Å². The Morgan fingerprint density at radius 1 is 0.814 bits per heavy atom. The zero-order chi connectivity index (χ0) is 60.7. The minimum absolute atomic E-state index is 0. The second kappa shape index (κ2) is 27.4. The number of carbonyl (C=O) groups excluding carboxylic acids is 7. The maximum absolute atomic E-state index is 14.4. The first-order valence-electron chi connectivity index (χ1n) is 27.9. The Bertz CT molecular complexity index is 3830. The Labute approximate surface area is 523 Å². The van der Waals surface area contributed by atoms with Gasteiger partial charge in [-0.1, -0.05) is 64.1 Å². The molecule has 2 aliphatic heterocycles. The predicted molar refractivity (Wildman–Crippen MR) is 320 cm³/mol. The van der Waals surface area contributed by atoms with Crippen LogP contribution in [0.3, 0.4) is 0 Å². The number of sulfonamides is 1. The minimum Gasteiger partial charge on any atom is -0.550 e. The summed E-state index contributed by atoms with van der Waals surface area (Å²) in [6.45, 7) is 7.77. The summed E-state index contributed by atoms with van der Waals surface area (Å²) >= 11 is 5.48. The number of amides is 6. The molecule has 1 unspecified atom stereocenters. The Hall–Kier alpha value is -8.23. The van der Waals surface area contributed by atoms with Gasteiger partial charge in [0.25, 0.3) is 15.6 Å². The zero-order valence-corrected chi connectivity index (χ0v) is 51.7. The van der Waals surface area contributed by atoms with Crippen molar-refractivity contribution < 1.29 is 81.4 Å². The number of hydrogen-bond donors (Lipinski definition) is 8. The third-order valence-electron chi connectivity index (χ3n) is 15.1. The molecule has 9 rings (SSSR count). The van der Waals surface area contributed by atoms with Crippen LogP contribution in [0.4, 0.5) is 32.3 Å². The third-order valence-corrected chi connectivity index (χ3v) is 16.7. The van der Waals surface area contributed by atoms with Crippen LogP contribution < -0.4 is 82.2 Å². The molecule has 0 spiro atoms. The Balaban J connectivity index is 0.00000961. The van der Waals surface area contributed by atoms with Crippen molar-refractivity contribution in [2.45, 2.75) is 108 Å². The molecule has 4 aromatic carbocycles. The van der Waals surface area contributed by atoms with Gasteiger partial charge in [0.1, 0.15) is 12.1 Å². The van der Waals surface area contributed by atoms with Crippen LogP contribution in [0.5, 0.6) is 0 Å². The van der Waals surface area contributed by atoms with Crippen LogP contribution in [0.1, 0.15) is 94.5 Å². The van der Waals surface area contributed by atoms with Crippen molar-refractivity contribution in [2.24, 2.45) is 5.92 Å². The number of aromatic nitrogens is 2. The van der Waals surface area contributed by atoms with Crippen molar-refractivity contribution in [1.29, 1.82) is 0 Å². The SMILES string of the molecule is CCCNC(=O)Nc1cccc(S(=O)(=O)Nc2cccc(C(CC(=O)[O-])NC(=O)Nc3ccc(NC(=S)NCC(=O)N4CCC[C@H]4C(=O)N[C@H](C(=O)O[C@]4(CC)C(=O)CCc5c4cc4n(c5=O)Cc5cc6ccccc6nc5-4)C(C)C)cc3)c2)c1.[Na+]. The molecule has 1 fully saturated rings. The molecule has 2 aromatic heterocycles. The molecule has 1 aliphatic carbocycles. The summed E-state index contributed by atoms with van der Waals surface area (Å²) < 4.78 is 37.1. The van der Waals surface area contributed by atoms with Gasteiger partial charge in [-0.15, -0.1) is 0 Å². The van der Waals surface area contributed by atoms with Gasteiger partial charge in [-0.25, -0.2) is 27.8 Å². The Morgan fingerprint density at radius 2 is 1.52 bits per heavy atom. The molecule has 0 bridgehead atoms. The van der Waals surface area contributed by atoms with E-state index in [1.807, 2.05) is 37.3 Å². The molecule has 26 heteroatoms. The van der Waals surface area contributed by atoms with Gasteiger partial charge in [0.15, 0.2) is 16.5 Å². The van der Waals surface area contributed by atoms with Crippen LogP contribution in [-0.2, 0) is 57.3 Å². The average molecular weight is 1220 g/mol. The number of fused-ring (bicyclic) bond motifs is 5. The molecule has 86 heavy (non-hydrogen) atoms. The first-order chi connectivity index (χ1) is 40.7. The number of Topliss-reactive ketones (excluding diaryl/α,β-unsaturated/α-hetero) is 1. The number of ether oxygens (including phenoxy) is 1. The number of anilines is 4. The summed E-state index contributed by atoms with van der Waals surface area (Å²) in [7, 11) is -4.20. The van der Waals surface area contributed by atoms with E-state index in [2.05, 4.69) is 41.9 Å². The van der Waals surface area contributed by atoms with Crippen LogP contribution in [0.25, 0.3) is 22.3 Å². The van der Waals surface area contributed by atoms with E-state index >= 15 is 0 Å². The number of likely N-dealkylation sites (tertiary alicyclic amines) is 1. The summed E-state index contributed by atoms with van der Waals surface area (Å²) in [6, 6.07) is 24.5. The van der Waals surface area contributed by atoms with E-state index in [0.717, 1.165) is 16.5 Å². The number of hydrogen-bond acceptors (Lipinski definition) is 14. The van der Waals surface area contributed by atoms with Crippen molar-refractivity contribution in [3.63, 3.8) is 0 Å². The molecule has 6 aromatic rings. The summed E-state index contributed by atoms with van der Waals surface area (Å²) in [4.78, 5) is 114. The van der Waals surface area contributed by atoms with E-state index in [1.54, 1.807) is 43.5 Å². The van der Waals surface area contributed by atoms with Crippen molar-refractivity contribution in [2.75, 3.05) is 40.3 Å². The van der Waals surface area contributed by atoms with Crippen molar-refractivity contribution in [3.05, 3.63) is 142 Å². The number of ketones is 1. The molecular weight excluding hydrogens is 1150 g/mol. The van der Waals surface area contributed by atoms with Crippen LogP contribution in [0, 0.1) is 5.92 Å². The number of rotatable bonds is 20. The number of carboxylic acids is 1. The van der Waals surface area contributed by atoms with Crippen molar-refractivity contribution in [3.8, 4) is 11.4 Å². The molecule has 8 N–H and O–H groups in total. The van der Waals surface area contributed by atoms with E-state index < -0.39 is 81.9 Å². The second-order valence-corrected chi connectivity index (χ2v) is 23.3. The normalized spacial score (nSPS) is 16.5. The largest absolute Gasteiger partial charge is 1.00 e. The van der Waals surface area contributed by atoms with Crippen LogP contribution in [-0.4, -0.2) is 101 Å². The summed E-state index contributed by atoms with van der Waals surface area (Å²) in [5.74, 6) is -4.22. The van der Waals surface area contributed by atoms with Gasteiger partial charge in [-0.2, -0.15) is 0 Å². The molecule has 4 heterocycles. The van der Waals surface area contributed by atoms with Gasteiger partial charge in [0, 0.05) is 76.7 Å². The Kier molecular flexibility index (Phi) is 20.3. The molecular formula is C60H64N11NaO12S2. The molecule has 0 saturated carbocycles. The van der Waals surface area contributed by atoms with Gasteiger partial charge in [-0.05, 0) is 129 Å². The summed E-state index contributed by atoms with van der Waals surface area (Å²) in [5, 5.41) is 31.9. The number of urea groups is 2. The first-order valence-corrected chi connectivity index (χ1v) is 29.8. The number of benzene rings is 4. The number of para-hydroxylation sites is 1. The fourth-order valence-corrected chi connectivity index (χ4v) is 12.1. The number of aliphatic carboxylic acids is 1. The predicted octanol–water partition coefficient (Wildman–Crippen LogP) is 2.55. The smallest absolute Gasteiger partial charge is 0.550 e. The molecule has 444 valence electrons. The number of carboxylic acid groups (broad SMARTS) is 1. The van der Waals surface area contributed by atoms with Crippen LogP contribution >= 0.6 is 12.2 Å². The fourth-order valence-electron chi connectivity index (χ4n) is 10.8. The second-order valence-electron chi connectivity index (χ2n) is 21.3. The van der Waals surface area contributed by atoms with E-state index in [4.69, 9.17) is 21.9 Å². The average Bonchev–Trinajstić information content (AvgIpc) is 1.41. The van der Waals surface area contributed by atoms with Gasteiger partial charge in [-0.3, -0.25) is 23.9 Å². The number of pyridine rings is 2. The molecule has 4 atom stereocenters. The third kappa shape index (κ3) is 14.4. The molecule has 23 nitrogen and oxygen atoms in total. The van der Waals surface area contributed by atoms with Crippen molar-refractivity contribution >= 4 is 103 Å². The van der Waals surface area contributed by atoms with E-state index in [1.165, 1.54) is 65.6 Å². The van der Waals surface area contributed by atoms with Gasteiger partial charge in [0.2, 0.25) is 11.8 Å². The van der Waals surface area contributed by atoms with Crippen molar-refractivity contribution in [1.82, 2.24) is 35.7 Å². The monoisotopic (exact) mass is 1220 g/mol. The number of nitrogens with one attached hydrogen (secondary N) is 8. The van der Waals surface area contributed by atoms with E-state index in [0.29, 0.717) is 66.2 Å². The quantitative estimate of drug-likeness (QED) is 0.0309. The van der Waals surface area contributed by atoms with Crippen LogP contribution in [0.15, 0.2) is 119 Å². The number of esters is 1. The topological polar surface area (TPSA) is 320 Å². The van der Waals surface area contributed by atoms with Gasteiger partial charge >= 0.3 is 47.6 Å². The minimum atomic E-state index is -4.20. The molecule has 1 saturated heterocycles. The first kappa shape index (κ1) is 63.8. The Morgan fingerprint density at radius 3 is 2.24 bits per heavy atom. The molecule has 6 amide bonds. The number of carbonyl (C=O) groups is 7. The fraction of sp³-hybridized carbons (Fsp3) is 0.333. The molecule has 0 radical (unpaired) electrons. The van der Waals surface area contributed by atoms with Gasteiger partial charge in [0.05, 0.1) is 40.9 Å². The van der Waals surface area contributed by atoms with Crippen LogP contribution in [0.2, 0.25) is 0 Å². The van der Waals surface area contributed by atoms with E-state index in [-0.39, 0.29) is 100 Å². The standard InChI is InChI=1S/C60H65N11O12S2.Na/c1-5-25-61-57(79)64-40-14-10-16-42(29-40)85(81,82)69-41-15-9-13-36(28-41)46(31-51(74)75)67-58(80)63-38-19-21-39(22-20-38)65-59(84)62-32-50(73)70-26-11-18-47(70)54(76)68-52(34(3)4)56(78)83-60(6-2)44-30-48-53-37(27-35-12-7-8-17-45(35)66-53)33-71(48)55(77)43(44)23-24-49(60)72;/h7-10,12-17,19-22,27-30,34,46-47,52,69H,5-6,11,18,23-26,31-33H2,1-4H3,(H,68,76)(H,74,75)(H2,61,64,79)(H2,62,65,84)(H2,63,67,80);/q;+1/p-1/t46?,47-,52-,60-;/m0./s1. The van der Waals surface area contributed by atoms with E-state index in [9.17, 15) is 51.9 Å². The maximum atomic E-state index is 14.4. The molecule has 3 aliphatic rings. The maximum Gasteiger partial charge on any atom is 1.00 e. The number of thiocarbonyl (C=S) groups is 1. The zero-order valence-electron chi connectivity index (χ0n) is 48.0.